The molecule has 1 aromatic rings. The summed E-state index contributed by atoms with van der Waals surface area (Å²) in [4.78, 5) is 11.7. The molecule has 0 fully saturated rings. The lowest BCUT2D eigenvalue weighted by atomic mass is 9.97. The van der Waals surface area contributed by atoms with Gasteiger partial charge in [0.25, 0.3) is 0 Å². The molecule has 0 aliphatic heterocycles. The summed E-state index contributed by atoms with van der Waals surface area (Å²) in [5.41, 5.74) is 1.95. The second kappa shape index (κ2) is 5.96. The standard InChI is InChI=1S/C16H24NO/c1-13(2)16(18)12-11-15(17(3,4)5)14-9-7-6-8-10-14/h6-10,15H,1,11-12H2,2-5H3/q+1. The van der Waals surface area contributed by atoms with E-state index in [4.69, 9.17) is 0 Å². The van der Waals surface area contributed by atoms with Gasteiger partial charge in [0, 0.05) is 18.4 Å². The maximum absolute atomic E-state index is 11.7. The van der Waals surface area contributed by atoms with Crippen molar-refractivity contribution in [3.63, 3.8) is 0 Å². The van der Waals surface area contributed by atoms with E-state index in [0.29, 0.717) is 18.0 Å². The Balaban J connectivity index is 2.82. The number of hydrogen-bond donors (Lipinski definition) is 0. The van der Waals surface area contributed by atoms with Crippen LogP contribution in [0.25, 0.3) is 0 Å². The van der Waals surface area contributed by atoms with Crippen molar-refractivity contribution in [2.24, 2.45) is 0 Å². The monoisotopic (exact) mass is 246 g/mol. The van der Waals surface area contributed by atoms with Crippen molar-refractivity contribution in [2.75, 3.05) is 21.1 Å². The molecule has 0 heterocycles. The van der Waals surface area contributed by atoms with Crippen LogP contribution >= 0.6 is 0 Å². The lowest BCUT2D eigenvalue weighted by Crippen LogP contribution is -2.39. The van der Waals surface area contributed by atoms with Gasteiger partial charge in [-0.05, 0) is 12.5 Å². The molecule has 1 rings (SSSR count). The van der Waals surface area contributed by atoms with Gasteiger partial charge in [-0.15, -0.1) is 0 Å². The van der Waals surface area contributed by atoms with Gasteiger partial charge in [-0.2, -0.15) is 0 Å². The predicted octanol–water partition coefficient (Wildman–Crippen LogP) is 3.36. The normalized spacial score (nSPS) is 13.1. The third kappa shape index (κ3) is 4.11. The van der Waals surface area contributed by atoms with Crippen LogP contribution in [-0.2, 0) is 4.79 Å². The minimum Gasteiger partial charge on any atom is -0.325 e. The zero-order valence-corrected chi connectivity index (χ0v) is 11.9. The molecule has 2 nitrogen and oxygen atoms in total. The number of allylic oxidation sites excluding steroid dienone is 1. The lowest BCUT2D eigenvalue weighted by Gasteiger charge is -2.34. The number of quaternary nitrogens is 1. The Morgan fingerprint density at radius 2 is 1.78 bits per heavy atom. The lowest BCUT2D eigenvalue weighted by molar-refractivity contribution is -0.902. The van der Waals surface area contributed by atoms with Crippen molar-refractivity contribution in [1.29, 1.82) is 0 Å². The molecule has 1 atom stereocenters. The van der Waals surface area contributed by atoms with Crippen molar-refractivity contribution in [2.45, 2.75) is 25.8 Å². The van der Waals surface area contributed by atoms with E-state index in [-0.39, 0.29) is 5.78 Å². The number of carbonyl (C=O) groups excluding carboxylic acids is 1. The molecule has 0 N–H and O–H groups in total. The van der Waals surface area contributed by atoms with Crippen LogP contribution in [0.3, 0.4) is 0 Å². The van der Waals surface area contributed by atoms with Gasteiger partial charge in [0.1, 0.15) is 6.04 Å². The largest absolute Gasteiger partial charge is 0.325 e. The first-order chi connectivity index (χ1) is 8.32. The molecular weight excluding hydrogens is 222 g/mol. The Morgan fingerprint density at radius 1 is 1.22 bits per heavy atom. The van der Waals surface area contributed by atoms with Crippen LogP contribution in [0.4, 0.5) is 0 Å². The Morgan fingerprint density at radius 3 is 2.22 bits per heavy atom. The van der Waals surface area contributed by atoms with Crippen LogP contribution < -0.4 is 0 Å². The Kier molecular flexibility index (Phi) is 4.85. The van der Waals surface area contributed by atoms with Crippen LogP contribution in [0.2, 0.25) is 0 Å². The summed E-state index contributed by atoms with van der Waals surface area (Å²) in [6, 6.07) is 10.8. The molecule has 1 aromatic carbocycles. The number of hydrogen-bond acceptors (Lipinski definition) is 1. The van der Waals surface area contributed by atoms with Gasteiger partial charge < -0.3 is 4.48 Å². The Bertz CT molecular complexity index is 414. The highest BCUT2D eigenvalue weighted by molar-refractivity contribution is 5.94. The molecule has 0 saturated heterocycles. The number of nitrogens with zero attached hydrogens (tertiary/aromatic N) is 1. The molecule has 0 amide bonds. The van der Waals surface area contributed by atoms with E-state index >= 15 is 0 Å². The van der Waals surface area contributed by atoms with E-state index in [9.17, 15) is 4.79 Å². The fourth-order valence-corrected chi connectivity index (χ4v) is 2.16. The van der Waals surface area contributed by atoms with E-state index < -0.39 is 0 Å². The molecule has 0 bridgehead atoms. The Hall–Kier alpha value is -1.41. The molecule has 1 unspecified atom stereocenters. The van der Waals surface area contributed by atoms with Gasteiger partial charge in [0.05, 0.1) is 21.1 Å². The van der Waals surface area contributed by atoms with E-state index in [0.717, 1.165) is 10.9 Å². The van der Waals surface area contributed by atoms with Gasteiger partial charge in [-0.1, -0.05) is 36.9 Å². The van der Waals surface area contributed by atoms with Gasteiger partial charge in [-0.3, -0.25) is 4.79 Å². The predicted molar refractivity (Wildman–Crippen MR) is 76.3 cm³/mol. The number of Topliss-reactive ketones (excluding diaryl/α,β-unsaturated/α-hetero) is 1. The zero-order valence-electron chi connectivity index (χ0n) is 11.9. The first-order valence-electron chi connectivity index (χ1n) is 6.37. The van der Waals surface area contributed by atoms with E-state index in [1.54, 1.807) is 6.92 Å². The minimum absolute atomic E-state index is 0.171. The van der Waals surface area contributed by atoms with E-state index in [1.165, 1.54) is 5.56 Å². The van der Waals surface area contributed by atoms with Crippen LogP contribution in [0.15, 0.2) is 42.5 Å². The highest BCUT2D eigenvalue weighted by atomic mass is 16.1. The summed E-state index contributed by atoms with van der Waals surface area (Å²) in [5.74, 6) is 0.171. The van der Waals surface area contributed by atoms with Crippen LogP contribution in [0, 0.1) is 0 Å². The van der Waals surface area contributed by atoms with E-state index in [1.807, 2.05) is 6.07 Å². The van der Waals surface area contributed by atoms with Gasteiger partial charge in [0.2, 0.25) is 0 Å². The number of benzene rings is 1. The topological polar surface area (TPSA) is 17.1 Å². The van der Waals surface area contributed by atoms with Crippen molar-refractivity contribution in [3.05, 3.63) is 48.0 Å². The van der Waals surface area contributed by atoms with Crippen molar-refractivity contribution in [3.8, 4) is 0 Å². The quantitative estimate of drug-likeness (QED) is 0.555. The Labute approximate surface area is 111 Å². The molecule has 0 aromatic heterocycles. The maximum atomic E-state index is 11.7. The van der Waals surface area contributed by atoms with Gasteiger partial charge in [-0.25, -0.2) is 0 Å². The molecule has 18 heavy (non-hydrogen) atoms. The summed E-state index contributed by atoms with van der Waals surface area (Å²) in [6.07, 6.45) is 1.43. The molecule has 0 spiro atoms. The molecule has 0 aliphatic carbocycles. The van der Waals surface area contributed by atoms with E-state index in [2.05, 4.69) is 52.0 Å². The third-order valence-corrected chi connectivity index (χ3v) is 3.24. The second-order valence-electron chi connectivity index (χ2n) is 5.78. The summed E-state index contributed by atoms with van der Waals surface area (Å²) < 4.78 is 0.827. The summed E-state index contributed by atoms with van der Waals surface area (Å²) >= 11 is 0. The highest BCUT2D eigenvalue weighted by Crippen LogP contribution is 2.28. The first-order valence-corrected chi connectivity index (χ1v) is 6.37. The first kappa shape index (κ1) is 14.7. The molecule has 98 valence electrons. The SMILES string of the molecule is C=C(C)C(=O)CCC(c1ccccc1)[N+](C)(C)C. The average molecular weight is 246 g/mol. The number of ketones is 1. The van der Waals surface area contributed by atoms with Crippen molar-refractivity contribution < 1.29 is 9.28 Å². The molecular formula is C16H24NO+. The highest BCUT2D eigenvalue weighted by Gasteiger charge is 2.26. The smallest absolute Gasteiger partial charge is 0.158 e. The average Bonchev–Trinajstić information content (AvgIpc) is 2.28. The van der Waals surface area contributed by atoms with Crippen LogP contribution in [-0.4, -0.2) is 31.4 Å². The van der Waals surface area contributed by atoms with Crippen LogP contribution in [0.1, 0.15) is 31.4 Å². The molecule has 0 aliphatic rings. The van der Waals surface area contributed by atoms with Crippen molar-refractivity contribution >= 4 is 5.78 Å². The zero-order chi connectivity index (χ0) is 13.8. The van der Waals surface area contributed by atoms with Crippen molar-refractivity contribution in [1.82, 2.24) is 0 Å². The van der Waals surface area contributed by atoms with Crippen LogP contribution in [0.5, 0.6) is 0 Å². The second-order valence-corrected chi connectivity index (χ2v) is 5.78. The fraction of sp³-hybridized carbons (Fsp3) is 0.438. The molecule has 2 heteroatoms. The maximum Gasteiger partial charge on any atom is 0.158 e. The minimum atomic E-state index is 0.171. The number of carbonyl (C=O) groups is 1. The third-order valence-electron chi connectivity index (χ3n) is 3.24. The number of rotatable bonds is 6. The summed E-state index contributed by atoms with van der Waals surface area (Å²) in [6.45, 7) is 5.50. The van der Waals surface area contributed by atoms with Gasteiger partial charge in [0.15, 0.2) is 5.78 Å². The molecule has 0 saturated carbocycles. The summed E-state index contributed by atoms with van der Waals surface area (Å²) in [7, 11) is 6.51. The summed E-state index contributed by atoms with van der Waals surface area (Å²) in [5, 5.41) is 0. The fourth-order valence-electron chi connectivity index (χ4n) is 2.16. The van der Waals surface area contributed by atoms with Gasteiger partial charge >= 0.3 is 0 Å². The molecule has 0 radical (unpaired) electrons.